The Bertz CT molecular complexity index is 530. The zero-order chi connectivity index (χ0) is 13.0. The molecule has 0 bridgehead atoms. The Kier molecular flexibility index (Phi) is 4.41. The second kappa shape index (κ2) is 6.04. The van der Waals surface area contributed by atoms with Crippen molar-refractivity contribution in [2.45, 2.75) is 19.4 Å². The quantitative estimate of drug-likeness (QED) is 0.672. The molecule has 4 nitrogen and oxygen atoms in total. The van der Waals surface area contributed by atoms with Gasteiger partial charge in [0.1, 0.15) is 0 Å². The van der Waals surface area contributed by atoms with Gasteiger partial charge in [-0.3, -0.25) is 21.2 Å². The maximum absolute atomic E-state index is 5.65. The van der Waals surface area contributed by atoms with E-state index in [1.54, 1.807) is 12.4 Å². The molecule has 0 saturated heterocycles. The maximum atomic E-state index is 5.65. The molecule has 0 amide bonds. The van der Waals surface area contributed by atoms with Crippen LogP contribution in [0.15, 0.2) is 41.4 Å². The van der Waals surface area contributed by atoms with E-state index in [0.29, 0.717) is 0 Å². The number of hydrazine groups is 1. The van der Waals surface area contributed by atoms with Crippen LogP contribution in [0, 0.1) is 6.92 Å². The van der Waals surface area contributed by atoms with Crippen LogP contribution < -0.4 is 11.3 Å². The predicted molar refractivity (Wildman–Crippen MR) is 74.7 cm³/mol. The monoisotopic (exact) mass is 306 g/mol. The van der Waals surface area contributed by atoms with Crippen LogP contribution in [0.4, 0.5) is 0 Å². The minimum atomic E-state index is 0.0369. The number of rotatable bonds is 4. The van der Waals surface area contributed by atoms with Crippen LogP contribution in [0.5, 0.6) is 0 Å². The number of hydrogen-bond acceptors (Lipinski definition) is 4. The van der Waals surface area contributed by atoms with Crippen LogP contribution in [-0.4, -0.2) is 9.97 Å². The van der Waals surface area contributed by atoms with Gasteiger partial charge in [0.25, 0.3) is 0 Å². The summed E-state index contributed by atoms with van der Waals surface area (Å²) in [5, 5.41) is 0. The lowest BCUT2D eigenvalue weighted by Crippen LogP contribution is -2.30. The molecule has 0 aliphatic carbocycles. The highest BCUT2D eigenvalue weighted by molar-refractivity contribution is 9.10. The summed E-state index contributed by atoms with van der Waals surface area (Å²) < 4.78 is 0.971. The van der Waals surface area contributed by atoms with E-state index in [0.717, 1.165) is 22.0 Å². The van der Waals surface area contributed by atoms with Crippen molar-refractivity contribution < 1.29 is 0 Å². The Morgan fingerprint density at radius 2 is 2.17 bits per heavy atom. The summed E-state index contributed by atoms with van der Waals surface area (Å²) in [6.45, 7) is 2.06. The SMILES string of the molecule is Cc1ccncc1C(Cc1cncc(Br)c1)NN. The Labute approximate surface area is 115 Å². The second-order valence-corrected chi connectivity index (χ2v) is 5.08. The predicted octanol–water partition coefficient (Wildman–Crippen LogP) is 2.29. The molecule has 0 radical (unpaired) electrons. The molecule has 2 heterocycles. The highest BCUT2D eigenvalue weighted by Gasteiger charge is 2.13. The molecular formula is C13H15BrN4. The third-order valence-electron chi connectivity index (χ3n) is 2.86. The molecule has 2 aromatic heterocycles. The smallest absolute Gasteiger partial charge is 0.0518 e. The van der Waals surface area contributed by atoms with E-state index >= 15 is 0 Å². The Balaban J connectivity index is 2.23. The number of aromatic nitrogens is 2. The van der Waals surface area contributed by atoms with Crippen molar-refractivity contribution >= 4 is 15.9 Å². The van der Waals surface area contributed by atoms with Gasteiger partial charge in [0.15, 0.2) is 0 Å². The summed E-state index contributed by atoms with van der Waals surface area (Å²) in [4.78, 5) is 8.31. The lowest BCUT2D eigenvalue weighted by atomic mass is 9.98. The molecule has 0 fully saturated rings. The van der Waals surface area contributed by atoms with E-state index in [4.69, 9.17) is 5.84 Å². The van der Waals surface area contributed by atoms with Gasteiger partial charge < -0.3 is 0 Å². The molecule has 0 saturated carbocycles. The first-order valence-electron chi connectivity index (χ1n) is 5.66. The molecule has 0 spiro atoms. The van der Waals surface area contributed by atoms with Gasteiger partial charge in [-0.2, -0.15) is 0 Å². The van der Waals surface area contributed by atoms with Crippen molar-refractivity contribution in [2.75, 3.05) is 0 Å². The fourth-order valence-electron chi connectivity index (χ4n) is 1.90. The Morgan fingerprint density at radius 3 is 2.83 bits per heavy atom. The van der Waals surface area contributed by atoms with Crippen molar-refractivity contribution in [3.8, 4) is 0 Å². The molecule has 5 heteroatoms. The average molecular weight is 307 g/mol. The topological polar surface area (TPSA) is 63.8 Å². The van der Waals surface area contributed by atoms with Gasteiger partial charge >= 0.3 is 0 Å². The average Bonchev–Trinajstić information content (AvgIpc) is 2.37. The van der Waals surface area contributed by atoms with Gasteiger partial charge in [-0.1, -0.05) is 0 Å². The molecule has 18 heavy (non-hydrogen) atoms. The number of nitrogens with one attached hydrogen (secondary N) is 1. The van der Waals surface area contributed by atoms with Crippen LogP contribution in [0.25, 0.3) is 0 Å². The Morgan fingerprint density at radius 1 is 1.33 bits per heavy atom. The molecule has 3 N–H and O–H groups in total. The second-order valence-electron chi connectivity index (χ2n) is 4.17. The normalized spacial score (nSPS) is 12.4. The first-order valence-corrected chi connectivity index (χ1v) is 6.46. The molecule has 0 aromatic carbocycles. The Hall–Kier alpha value is -1.30. The lowest BCUT2D eigenvalue weighted by Gasteiger charge is -2.18. The molecular weight excluding hydrogens is 292 g/mol. The minimum absolute atomic E-state index is 0.0369. The van der Waals surface area contributed by atoms with Crippen molar-refractivity contribution in [1.82, 2.24) is 15.4 Å². The third kappa shape index (κ3) is 3.13. The first-order chi connectivity index (χ1) is 8.70. The van der Waals surface area contributed by atoms with Gasteiger partial charge in [0.2, 0.25) is 0 Å². The van der Waals surface area contributed by atoms with E-state index in [9.17, 15) is 0 Å². The zero-order valence-corrected chi connectivity index (χ0v) is 11.7. The van der Waals surface area contributed by atoms with E-state index in [1.165, 1.54) is 5.56 Å². The van der Waals surface area contributed by atoms with Crippen LogP contribution in [-0.2, 0) is 6.42 Å². The number of nitrogens with two attached hydrogens (primary N) is 1. The standard InChI is InChI=1S/C13H15BrN4/c1-9-2-3-16-8-12(9)13(18-15)5-10-4-11(14)7-17-6-10/h2-4,6-8,13,18H,5,15H2,1H3. The number of hydrogen-bond donors (Lipinski definition) is 2. The fraction of sp³-hybridized carbons (Fsp3) is 0.231. The van der Waals surface area contributed by atoms with Crippen molar-refractivity contribution in [2.24, 2.45) is 5.84 Å². The van der Waals surface area contributed by atoms with E-state index in [2.05, 4.69) is 38.2 Å². The summed E-state index contributed by atoms with van der Waals surface area (Å²) >= 11 is 3.42. The van der Waals surface area contributed by atoms with Crippen LogP contribution in [0.1, 0.15) is 22.7 Å². The number of halogens is 1. The number of aryl methyl sites for hydroxylation is 1. The molecule has 1 atom stereocenters. The van der Waals surface area contributed by atoms with E-state index in [-0.39, 0.29) is 6.04 Å². The van der Waals surface area contributed by atoms with Gasteiger partial charge in [0, 0.05) is 29.3 Å². The molecule has 0 aliphatic rings. The minimum Gasteiger partial charge on any atom is -0.271 e. The number of nitrogens with zero attached hydrogens (tertiary/aromatic N) is 2. The van der Waals surface area contributed by atoms with Crippen molar-refractivity contribution in [3.05, 3.63) is 58.1 Å². The number of pyridine rings is 2. The summed E-state index contributed by atoms with van der Waals surface area (Å²) in [6, 6.07) is 4.07. The van der Waals surface area contributed by atoms with E-state index in [1.807, 2.05) is 24.5 Å². The lowest BCUT2D eigenvalue weighted by molar-refractivity contribution is 0.547. The molecule has 2 rings (SSSR count). The highest BCUT2D eigenvalue weighted by atomic mass is 79.9. The molecule has 1 unspecified atom stereocenters. The van der Waals surface area contributed by atoms with Crippen LogP contribution in [0.2, 0.25) is 0 Å². The largest absolute Gasteiger partial charge is 0.271 e. The maximum Gasteiger partial charge on any atom is 0.0518 e. The van der Waals surface area contributed by atoms with Gasteiger partial charge in [-0.05, 0) is 58.1 Å². The zero-order valence-electron chi connectivity index (χ0n) is 10.1. The van der Waals surface area contributed by atoms with Crippen molar-refractivity contribution in [3.63, 3.8) is 0 Å². The van der Waals surface area contributed by atoms with Gasteiger partial charge in [0.05, 0.1) is 6.04 Å². The van der Waals surface area contributed by atoms with Crippen LogP contribution in [0.3, 0.4) is 0 Å². The van der Waals surface area contributed by atoms with Gasteiger partial charge in [-0.15, -0.1) is 0 Å². The summed E-state index contributed by atoms with van der Waals surface area (Å²) in [5.74, 6) is 5.65. The fourth-order valence-corrected chi connectivity index (χ4v) is 2.32. The highest BCUT2D eigenvalue weighted by Crippen LogP contribution is 2.21. The third-order valence-corrected chi connectivity index (χ3v) is 3.29. The molecule has 94 valence electrons. The summed E-state index contributed by atoms with van der Waals surface area (Å²) in [7, 11) is 0. The van der Waals surface area contributed by atoms with E-state index < -0.39 is 0 Å². The molecule has 0 aliphatic heterocycles. The first kappa shape index (κ1) is 13.1. The van der Waals surface area contributed by atoms with Crippen LogP contribution >= 0.6 is 15.9 Å². The van der Waals surface area contributed by atoms with Gasteiger partial charge in [-0.25, -0.2) is 0 Å². The summed E-state index contributed by atoms with van der Waals surface area (Å²) in [6.07, 6.45) is 8.03. The summed E-state index contributed by atoms with van der Waals surface area (Å²) in [5.41, 5.74) is 6.25. The van der Waals surface area contributed by atoms with Crippen molar-refractivity contribution in [1.29, 1.82) is 0 Å². The molecule has 2 aromatic rings.